The first-order valence-electron chi connectivity index (χ1n) is 9.77. The summed E-state index contributed by atoms with van der Waals surface area (Å²) >= 11 is 0. The topological polar surface area (TPSA) is 78.2 Å². The lowest BCUT2D eigenvalue weighted by atomic mass is 9.67. The number of ketones is 3. The van der Waals surface area contributed by atoms with Gasteiger partial charge in [-0.25, -0.2) is 0 Å². The maximum absolute atomic E-state index is 12.8. The summed E-state index contributed by atoms with van der Waals surface area (Å²) in [5, 5.41) is 12.0. The van der Waals surface area contributed by atoms with Crippen molar-refractivity contribution in [2.24, 2.45) is 17.3 Å². The third-order valence-electron chi connectivity index (χ3n) is 5.29. The summed E-state index contributed by atoms with van der Waals surface area (Å²) in [6.07, 6.45) is 5.40. The molecule has 0 N–H and O–H groups in total. The molecule has 1 fully saturated rings. The number of benzene rings is 1. The van der Waals surface area contributed by atoms with Gasteiger partial charge in [0.05, 0.1) is 5.92 Å². The fourth-order valence-corrected chi connectivity index (χ4v) is 3.94. The van der Waals surface area contributed by atoms with E-state index in [2.05, 4.69) is 0 Å². The highest BCUT2D eigenvalue weighted by Crippen LogP contribution is 2.38. The molecular formula is C24H25NO4. The molecule has 1 aliphatic carbocycles. The van der Waals surface area contributed by atoms with Crippen molar-refractivity contribution in [3.63, 3.8) is 0 Å². The Morgan fingerprint density at radius 1 is 1.10 bits per heavy atom. The molecule has 0 unspecified atom stereocenters. The SMILES string of the molecule is CC1(C)CC(=O)C([C@@H](/C=C/c2ccccc2)CC(=O)c2cccc[n+]2[O-])C(=O)C1. The highest BCUT2D eigenvalue weighted by molar-refractivity contribution is 6.06. The number of hydrogen-bond acceptors (Lipinski definition) is 4. The van der Waals surface area contributed by atoms with Gasteiger partial charge in [0.15, 0.2) is 6.20 Å². The molecule has 3 rings (SSSR count). The lowest BCUT2D eigenvalue weighted by Crippen LogP contribution is -2.42. The van der Waals surface area contributed by atoms with E-state index in [4.69, 9.17) is 0 Å². The number of aromatic nitrogens is 1. The van der Waals surface area contributed by atoms with Crippen LogP contribution in [0.1, 0.15) is 49.2 Å². The van der Waals surface area contributed by atoms with Crippen LogP contribution in [0, 0.1) is 22.5 Å². The van der Waals surface area contributed by atoms with Gasteiger partial charge < -0.3 is 5.21 Å². The average Bonchev–Trinajstić information content (AvgIpc) is 2.65. The van der Waals surface area contributed by atoms with Gasteiger partial charge in [0, 0.05) is 37.3 Å². The van der Waals surface area contributed by atoms with E-state index < -0.39 is 11.8 Å². The molecule has 1 aromatic carbocycles. The highest BCUT2D eigenvalue weighted by Gasteiger charge is 2.43. The molecule has 5 nitrogen and oxygen atoms in total. The Bertz CT molecular complexity index is 926. The Labute approximate surface area is 170 Å². The molecule has 0 spiro atoms. The number of Topliss-reactive ketones (excluding diaryl/α,β-unsaturated/α-hetero) is 3. The minimum absolute atomic E-state index is 0.0154. The van der Waals surface area contributed by atoms with E-state index in [9.17, 15) is 19.6 Å². The zero-order valence-electron chi connectivity index (χ0n) is 16.7. The van der Waals surface area contributed by atoms with Crippen molar-refractivity contribution in [1.29, 1.82) is 0 Å². The molecule has 0 amide bonds. The largest absolute Gasteiger partial charge is 0.618 e. The first-order chi connectivity index (χ1) is 13.8. The second-order valence-corrected chi connectivity index (χ2v) is 8.40. The van der Waals surface area contributed by atoms with Crippen LogP contribution in [-0.2, 0) is 9.59 Å². The predicted molar refractivity (Wildman–Crippen MR) is 110 cm³/mol. The first-order valence-corrected chi connectivity index (χ1v) is 9.77. The minimum Gasteiger partial charge on any atom is -0.618 e. The fourth-order valence-electron chi connectivity index (χ4n) is 3.94. The molecule has 1 atom stereocenters. The lowest BCUT2D eigenvalue weighted by Gasteiger charge is -2.34. The second kappa shape index (κ2) is 8.52. The van der Waals surface area contributed by atoms with Gasteiger partial charge in [0.1, 0.15) is 11.6 Å². The van der Waals surface area contributed by atoms with Gasteiger partial charge in [-0.1, -0.05) is 56.3 Å². The summed E-state index contributed by atoms with van der Waals surface area (Å²) in [7, 11) is 0. The molecule has 1 aromatic heterocycles. The zero-order chi connectivity index (χ0) is 21.0. The van der Waals surface area contributed by atoms with E-state index in [0.29, 0.717) is 17.6 Å². The van der Waals surface area contributed by atoms with Gasteiger partial charge in [-0.2, -0.15) is 4.73 Å². The van der Waals surface area contributed by atoms with Gasteiger partial charge >= 0.3 is 0 Å². The number of nitrogens with zero attached hydrogens (tertiary/aromatic N) is 1. The van der Waals surface area contributed by atoms with Crippen LogP contribution in [0.25, 0.3) is 6.08 Å². The third-order valence-corrected chi connectivity index (χ3v) is 5.29. The van der Waals surface area contributed by atoms with Crippen LogP contribution in [-0.4, -0.2) is 17.3 Å². The van der Waals surface area contributed by atoms with Crippen LogP contribution >= 0.6 is 0 Å². The zero-order valence-corrected chi connectivity index (χ0v) is 16.7. The number of allylic oxidation sites excluding steroid dienone is 1. The van der Waals surface area contributed by atoms with Crippen molar-refractivity contribution in [3.8, 4) is 0 Å². The quantitative estimate of drug-likeness (QED) is 0.325. The van der Waals surface area contributed by atoms with E-state index >= 15 is 0 Å². The van der Waals surface area contributed by atoms with Gasteiger partial charge in [-0.05, 0) is 17.0 Å². The minimum atomic E-state index is -0.851. The molecule has 1 saturated carbocycles. The number of pyridine rings is 1. The van der Waals surface area contributed by atoms with E-state index in [0.717, 1.165) is 5.56 Å². The number of rotatable bonds is 6. The van der Waals surface area contributed by atoms with Crippen molar-refractivity contribution in [1.82, 2.24) is 0 Å². The molecule has 0 radical (unpaired) electrons. The smallest absolute Gasteiger partial charge is 0.259 e. The van der Waals surface area contributed by atoms with Crippen LogP contribution in [0.3, 0.4) is 0 Å². The molecule has 0 bridgehead atoms. The average molecular weight is 391 g/mol. The summed E-state index contributed by atoms with van der Waals surface area (Å²) < 4.78 is 0.522. The predicted octanol–water partition coefficient (Wildman–Crippen LogP) is 3.80. The number of carbonyl (C=O) groups excluding carboxylic acids is 3. The summed E-state index contributed by atoms with van der Waals surface area (Å²) in [6, 6.07) is 14.1. The molecule has 1 aliphatic rings. The summed E-state index contributed by atoms with van der Waals surface area (Å²) in [4.78, 5) is 38.4. The number of hydrogen-bond donors (Lipinski definition) is 0. The summed E-state index contributed by atoms with van der Waals surface area (Å²) in [6.45, 7) is 3.81. The van der Waals surface area contributed by atoms with E-state index in [1.54, 1.807) is 18.2 Å². The molecule has 0 aliphatic heterocycles. The normalized spacial score (nSPS) is 18.1. The van der Waals surface area contributed by atoms with Crippen molar-refractivity contribution in [2.75, 3.05) is 0 Å². The molecule has 0 saturated heterocycles. The molecule has 1 heterocycles. The molecular weight excluding hydrogens is 366 g/mol. The second-order valence-electron chi connectivity index (χ2n) is 8.40. The van der Waals surface area contributed by atoms with Crippen molar-refractivity contribution >= 4 is 23.4 Å². The Morgan fingerprint density at radius 2 is 1.72 bits per heavy atom. The van der Waals surface area contributed by atoms with Crippen LogP contribution in [0.4, 0.5) is 0 Å². The molecule has 29 heavy (non-hydrogen) atoms. The van der Waals surface area contributed by atoms with Crippen LogP contribution in [0.15, 0.2) is 60.8 Å². The van der Waals surface area contributed by atoms with Crippen molar-refractivity contribution in [3.05, 3.63) is 77.3 Å². The Morgan fingerprint density at radius 3 is 2.34 bits per heavy atom. The van der Waals surface area contributed by atoms with Crippen LogP contribution in [0.5, 0.6) is 0 Å². The van der Waals surface area contributed by atoms with Gasteiger partial charge in [0.25, 0.3) is 5.69 Å². The van der Waals surface area contributed by atoms with E-state index in [-0.39, 0.29) is 34.9 Å². The fraction of sp³-hybridized carbons (Fsp3) is 0.333. The molecule has 150 valence electrons. The van der Waals surface area contributed by atoms with Gasteiger partial charge in [0.2, 0.25) is 5.78 Å². The molecule has 2 aromatic rings. The Hall–Kier alpha value is -3.08. The Kier molecular flexibility index (Phi) is 6.06. The third kappa shape index (κ3) is 5.05. The summed E-state index contributed by atoms with van der Waals surface area (Å²) in [5.74, 6) is -2.09. The van der Waals surface area contributed by atoms with Crippen LogP contribution < -0.4 is 4.73 Å². The molecule has 5 heteroatoms. The monoisotopic (exact) mass is 391 g/mol. The maximum atomic E-state index is 12.8. The van der Waals surface area contributed by atoms with Gasteiger partial charge in [-0.3, -0.25) is 14.4 Å². The van der Waals surface area contributed by atoms with Crippen molar-refractivity contribution < 1.29 is 19.1 Å². The lowest BCUT2D eigenvalue weighted by molar-refractivity contribution is -0.607. The standard InChI is InChI=1S/C24H25NO4/c1-24(2)15-21(27)23(22(28)16-24)18(12-11-17-8-4-3-5-9-17)14-20(26)19-10-6-7-13-25(19)29/h3-13,18,23H,14-16H2,1-2H3/b12-11+/t18-/m0/s1. The first kappa shape index (κ1) is 20.6. The summed E-state index contributed by atoms with van der Waals surface area (Å²) in [5.41, 5.74) is 0.570. The van der Waals surface area contributed by atoms with E-state index in [1.165, 1.54) is 12.3 Å². The van der Waals surface area contributed by atoms with Crippen molar-refractivity contribution in [2.45, 2.75) is 33.1 Å². The van der Waals surface area contributed by atoms with Crippen LogP contribution in [0.2, 0.25) is 0 Å². The Balaban J connectivity index is 1.90. The highest BCUT2D eigenvalue weighted by atomic mass is 16.5. The number of carbonyl (C=O) groups is 3. The van der Waals surface area contributed by atoms with E-state index in [1.807, 2.05) is 50.3 Å². The van der Waals surface area contributed by atoms with Gasteiger partial charge in [-0.15, -0.1) is 0 Å². The maximum Gasteiger partial charge on any atom is 0.259 e.